The SMILES string of the molecule is CC(C)(C)OC(=O)N1CCN(CCc2ccc3c(C4CCN(C(=O)OCc5ccccc5)CC4)nn(C(=O)O)c3c2)CC1. The maximum absolute atomic E-state index is 12.6. The Balaban J connectivity index is 1.17. The van der Waals surface area contributed by atoms with Gasteiger partial charge in [0, 0.05) is 57.1 Å². The third-order valence-electron chi connectivity index (χ3n) is 8.04. The molecule has 3 heterocycles. The number of ether oxygens (including phenoxy) is 2. The van der Waals surface area contributed by atoms with Gasteiger partial charge in [0.15, 0.2) is 0 Å². The van der Waals surface area contributed by atoms with E-state index in [0.29, 0.717) is 44.5 Å². The lowest BCUT2D eigenvalue weighted by Gasteiger charge is -2.35. The molecule has 2 aromatic carbocycles. The summed E-state index contributed by atoms with van der Waals surface area (Å²) in [7, 11) is 0. The number of carboxylic acid groups (broad SMARTS) is 1. The van der Waals surface area contributed by atoms with Gasteiger partial charge in [0.05, 0.1) is 11.2 Å². The van der Waals surface area contributed by atoms with E-state index in [1.807, 2.05) is 69.3 Å². The second-order valence-corrected chi connectivity index (χ2v) is 12.3. The minimum absolute atomic E-state index is 0.0494. The highest BCUT2D eigenvalue weighted by molar-refractivity contribution is 5.90. The molecule has 1 aromatic heterocycles. The molecule has 0 unspecified atom stereocenters. The fourth-order valence-electron chi connectivity index (χ4n) is 5.70. The molecule has 43 heavy (non-hydrogen) atoms. The molecule has 0 atom stereocenters. The largest absolute Gasteiger partial charge is 0.463 e. The van der Waals surface area contributed by atoms with E-state index in [4.69, 9.17) is 9.47 Å². The van der Waals surface area contributed by atoms with Crippen molar-refractivity contribution < 1.29 is 29.0 Å². The van der Waals surface area contributed by atoms with E-state index in [2.05, 4.69) is 10.00 Å². The third kappa shape index (κ3) is 7.64. The Bertz CT molecular complexity index is 1430. The molecule has 0 aliphatic carbocycles. The molecular weight excluding hydrogens is 550 g/mol. The maximum Gasteiger partial charge on any atom is 0.432 e. The summed E-state index contributed by atoms with van der Waals surface area (Å²) in [6.45, 7) is 10.5. The summed E-state index contributed by atoms with van der Waals surface area (Å²) in [5.74, 6) is 0.0494. The number of hydrogen-bond donors (Lipinski definition) is 1. The highest BCUT2D eigenvalue weighted by atomic mass is 16.6. The molecule has 0 spiro atoms. The van der Waals surface area contributed by atoms with Crippen LogP contribution in [0.1, 0.15) is 56.4 Å². The van der Waals surface area contributed by atoms with Crippen LogP contribution in [0.4, 0.5) is 14.4 Å². The van der Waals surface area contributed by atoms with Crippen molar-refractivity contribution in [3.8, 4) is 0 Å². The van der Waals surface area contributed by atoms with Crippen LogP contribution < -0.4 is 0 Å². The fraction of sp³-hybridized carbons (Fsp3) is 0.500. The quantitative estimate of drug-likeness (QED) is 0.417. The second-order valence-electron chi connectivity index (χ2n) is 12.3. The predicted molar refractivity (Wildman–Crippen MR) is 161 cm³/mol. The Morgan fingerprint density at radius 2 is 1.56 bits per heavy atom. The van der Waals surface area contributed by atoms with Crippen molar-refractivity contribution in [1.82, 2.24) is 24.5 Å². The minimum atomic E-state index is -1.12. The zero-order chi connectivity index (χ0) is 30.6. The number of piperidine rings is 1. The minimum Gasteiger partial charge on any atom is -0.463 e. The molecule has 230 valence electrons. The average molecular weight is 592 g/mol. The first-order valence-corrected chi connectivity index (χ1v) is 15.0. The van der Waals surface area contributed by atoms with Gasteiger partial charge in [-0.25, -0.2) is 14.4 Å². The van der Waals surface area contributed by atoms with Crippen LogP contribution >= 0.6 is 0 Å². The van der Waals surface area contributed by atoms with E-state index in [1.54, 1.807) is 9.80 Å². The average Bonchev–Trinajstić information content (AvgIpc) is 3.38. The highest BCUT2D eigenvalue weighted by Gasteiger charge is 2.29. The second kappa shape index (κ2) is 13.0. The molecule has 2 saturated heterocycles. The highest BCUT2D eigenvalue weighted by Crippen LogP contribution is 2.33. The molecular formula is C32H41N5O6. The molecule has 2 amide bonds. The number of aromatic nitrogens is 2. The molecule has 5 rings (SSSR count). The third-order valence-corrected chi connectivity index (χ3v) is 8.04. The Morgan fingerprint density at radius 3 is 2.21 bits per heavy atom. The summed E-state index contributed by atoms with van der Waals surface area (Å²) < 4.78 is 12.1. The summed E-state index contributed by atoms with van der Waals surface area (Å²) in [4.78, 5) is 42.8. The van der Waals surface area contributed by atoms with E-state index in [0.717, 1.165) is 52.9 Å². The van der Waals surface area contributed by atoms with Crippen molar-refractivity contribution in [2.24, 2.45) is 0 Å². The number of nitrogens with zero attached hydrogens (tertiary/aromatic N) is 5. The first-order valence-electron chi connectivity index (χ1n) is 15.0. The Kier molecular flexibility index (Phi) is 9.19. The monoisotopic (exact) mass is 591 g/mol. The van der Waals surface area contributed by atoms with Crippen molar-refractivity contribution in [2.75, 3.05) is 45.8 Å². The van der Waals surface area contributed by atoms with E-state index >= 15 is 0 Å². The summed E-state index contributed by atoms with van der Waals surface area (Å²) >= 11 is 0. The van der Waals surface area contributed by atoms with Gasteiger partial charge in [-0.1, -0.05) is 42.5 Å². The van der Waals surface area contributed by atoms with Gasteiger partial charge in [0.1, 0.15) is 12.2 Å². The van der Waals surface area contributed by atoms with Gasteiger partial charge < -0.3 is 24.4 Å². The number of benzene rings is 2. The molecule has 2 aliphatic heterocycles. The molecule has 3 aromatic rings. The summed E-state index contributed by atoms with van der Waals surface area (Å²) in [5.41, 5.74) is 2.81. The molecule has 11 nitrogen and oxygen atoms in total. The predicted octanol–water partition coefficient (Wildman–Crippen LogP) is 5.17. The zero-order valence-corrected chi connectivity index (χ0v) is 25.2. The van der Waals surface area contributed by atoms with E-state index in [1.165, 1.54) is 0 Å². The van der Waals surface area contributed by atoms with E-state index < -0.39 is 11.7 Å². The lowest BCUT2D eigenvalue weighted by Crippen LogP contribution is -2.50. The number of amides is 2. The summed E-state index contributed by atoms with van der Waals surface area (Å²) in [6, 6.07) is 15.5. The molecule has 0 bridgehead atoms. The molecule has 0 saturated carbocycles. The number of hydrogen-bond acceptors (Lipinski definition) is 7. The van der Waals surface area contributed by atoms with Crippen LogP contribution in [0.5, 0.6) is 0 Å². The topological polar surface area (TPSA) is 117 Å². The van der Waals surface area contributed by atoms with Crippen LogP contribution in [-0.2, 0) is 22.5 Å². The number of carbonyl (C=O) groups excluding carboxylic acids is 2. The van der Waals surface area contributed by atoms with E-state index in [-0.39, 0.29) is 24.7 Å². The Labute approximate surface area is 251 Å². The van der Waals surface area contributed by atoms with Crippen LogP contribution in [0.2, 0.25) is 0 Å². The van der Waals surface area contributed by atoms with Gasteiger partial charge in [-0.05, 0) is 57.2 Å². The lowest BCUT2D eigenvalue weighted by molar-refractivity contribution is 0.0146. The maximum atomic E-state index is 12.6. The molecule has 11 heteroatoms. The van der Waals surface area contributed by atoms with Gasteiger partial charge in [-0.15, -0.1) is 0 Å². The van der Waals surface area contributed by atoms with Crippen LogP contribution in [0, 0.1) is 0 Å². The van der Waals surface area contributed by atoms with Gasteiger partial charge in [-0.3, -0.25) is 4.90 Å². The fourth-order valence-corrected chi connectivity index (χ4v) is 5.70. The van der Waals surface area contributed by atoms with Gasteiger partial charge in [0.2, 0.25) is 0 Å². The van der Waals surface area contributed by atoms with Crippen LogP contribution in [0.3, 0.4) is 0 Å². The van der Waals surface area contributed by atoms with Gasteiger partial charge in [0.25, 0.3) is 0 Å². The number of rotatable bonds is 6. The number of carbonyl (C=O) groups is 3. The summed E-state index contributed by atoms with van der Waals surface area (Å²) in [6.07, 6.45) is 0.398. The van der Waals surface area contributed by atoms with Crippen molar-refractivity contribution in [3.63, 3.8) is 0 Å². The molecule has 2 aliphatic rings. The van der Waals surface area contributed by atoms with Gasteiger partial charge in [-0.2, -0.15) is 9.78 Å². The van der Waals surface area contributed by atoms with Gasteiger partial charge >= 0.3 is 18.3 Å². The first-order chi connectivity index (χ1) is 20.6. The van der Waals surface area contributed by atoms with Crippen molar-refractivity contribution in [3.05, 3.63) is 65.4 Å². The lowest BCUT2D eigenvalue weighted by atomic mass is 9.91. The number of likely N-dealkylation sites (tertiary alicyclic amines) is 1. The smallest absolute Gasteiger partial charge is 0.432 e. The Morgan fingerprint density at radius 1 is 0.884 bits per heavy atom. The molecule has 0 radical (unpaired) electrons. The molecule has 1 N–H and O–H groups in total. The number of fused-ring (bicyclic) bond motifs is 1. The van der Waals surface area contributed by atoms with Crippen molar-refractivity contribution in [1.29, 1.82) is 0 Å². The Hall–Kier alpha value is -4.12. The zero-order valence-electron chi connectivity index (χ0n) is 25.2. The standard InChI is InChI=1S/C32H41N5O6/c1-32(2,3)43-31(41)36-19-17-34(18-20-36)14-11-23-9-10-26-27(21-23)37(29(38)39)33-28(26)25-12-15-35(16-13-25)30(40)42-22-24-7-5-4-6-8-24/h4-10,21,25H,11-20,22H2,1-3H3,(H,38,39). The normalized spacial score (nSPS) is 16.8. The van der Waals surface area contributed by atoms with Crippen LogP contribution in [-0.4, -0.2) is 99.3 Å². The van der Waals surface area contributed by atoms with Crippen molar-refractivity contribution >= 4 is 29.2 Å². The van der Waals surface area contributed by atoms with Crippen molar-refractivity contribution in [2.45, 2.75) is 58.2 Å². The van der Waals surface area contributed by atoms with Crippen LogP contribution in [0.25, 0.3) is 10.9 Å². The first kappa shape index (κ1) is 30.3. The van der Waals surface area contributed by atoms with Crippen LogP contribution in [0.15, 0.2) is 48.5 Å². The van der Waals surface area contributed by atoms with E-state index in [9.17, 15) is 19.5 Å². The summed E-state index contributed by atoms with van der Waals surface area (Å²) in [5, 5.41) is 15.3. The molecule has 2 fully saturated rings. The number of piperazine rings is 1.